The van der Waals surface area contributed by atoms with Gasteiger partial charge in [-0.3, -0.25) is 4.79 Å². The summed E-state index contributed by atoms with van der Waals surface area (Å²) in [6, 6.07) is 14.9. The molecular weight excluding hydrogens is 364 g/mol. The van der Waals surface area contributed by atoms with Crippen LogP contribution in [-0.4, -0.2) is 20.9 Å². The van der Waals surface area contributed by atoms with E-state index in [1.54, 1.807) is 18.2 Å². The number of nitrogens with one attached hydrogen (secondary N) is 2. The highest BCUT2D eigenvalue weighted by Gasteiger charge is 2.12. The molecule has 0 aliphatic rings. The van der Waals surface area contributed by atoms with Crippen molar-refractivity contribution in [3.05, 3.63) is 85.5 Å². The van der Waals surface area contributed by atoms with Crippen LogP contribution in [0, 0.1) is 0 Å². The number of allylic oxidation sites excluding steroid dienone is 1. The van der Waals surface area contributed by atoms with E-state index in [2.05, 4.69) is 15.1 Å². The van der Waals surface area contributed by atoms with Crippen molar-refractivity contribution in [2.24, 2.45) is 5.10 Å². The van der Waals surface area contributed by atoms with Gasteiger partial charge in [-0.2, -0.15) is 5.10 Å². The molecule has 0 saturated carbocycles. The summed E-state index contributed by atoms with van der Waals surface area (Å²) < 4.78 is 0.807. The molecule has 2 aromatic carbocycles. The highest BCUT2D eigenvalue weighted by Crippen LogP contribution is 2.24. The molecule has 2 N–H and O–H groups in total. The highest BCUT2D eigenvalue weighted by atomic mass is 35.5. The lowest BCUT2D eigenvalue weighted by atomic mass is 10.1. The first kappa shape index (κ1) is 17.1. The third-order valence-electron chi connectivity index (χ3n) is 4.16. The van der Waals surface area contributed by atoms with Crippen molar-refractivity contribution in [1.29, 1.82) is 0 Å². The zero-order valence-electron chi connectivity index (χ0n) is 14.4. The Kier molecular flexibility index (Phi) is 4.25. The number of nitrogens with zero attached hydrogens (tertiary/aromatic N) is 2. The molecule has 0 aliphatic carbocycles. The Hall–Kier alpha value is -3.38. The molecule has 27 heavy (non-hydrogen) atoms. The molecule has 2 heterocycles. The molecule has 0 radical (unpaired) electrons. The van der Waals surface area contributed by atoms with Crippen LogP contribution in [-0.2, 0) is 0 Å². The van der Waals surface area contributed by atoms with Gasteiger partial charge in [0.2, 0.25) is 0 Å². The fraction of sp³-hybridized carbons (Fsp3) is 0.0500. The molecule has 0 amide bonds. The van der Waals surface area contributed by atoms with Crippen molar-refractivity contribution in [3.8, 4) is 0 Å². The van der Waals surface area contributed by atoms with Crippen LogP contribution in [0.3, 0.4) is 0 Å². The normalized spacial score (nSPS) is 12.4. The quantitative estimate of drug-likeness (QED) is 0.532. The lowest BCUT2D eigenvalue weighted by Crippen LogP contribution is -2.32. The van der Waals surface area contributed by atoms with Crippen LogP contribution in [0.25, 0.3) is 28.0 Å². The number of hydrogen-bond acceptors (Lipinski definition) is 3. The van der Waals surface area contributed by atoms with E-state index in [1.807, 2.05) is 43.3 Å². The lowest BCUT2D eigenvalue weighted by molar-refractivity contribution is 0.770. The van der Waals surface area contributed by atoms with Crippen molar-refractivity contribution < 1.29 is 0 Å². The van der Waals surface area contributed by atoms with Crippen LogP contribution in [0.4, 0.5) is 0 Å². The molecule has 0 unspecified atom stereocenters. The van der Waals surface area contributed by atoms with Crippen molar-refractivity contribution in [2.45, 2.75) is 6.92 Å². The van der Waals surface area contributed by atoms with Gasteiger partial charge in [-0.15, -0.1) is 4.68 Å². The second kappa shape index (κ2) is 6.74. The van der Waals surface area contributed by atoms with E-state index in [0.717, 1.165) is 15.8 Å². The molecule has 0 atom stereocenters. The number of rotatable bonds is 3. The second-order valence-electron chi connectivity index (χ2n) is 6.16. The maximum Gasteiger partial charge on any atom is 0.350 e. The minimum atomic E-state index is -0.614. The van der Waals surface area contributed by atoms with Gasteiger partial charge < -0.3 is 9.97 Å². The Morgan fingerprint density at radius 3 is 2.63 bits per heavy atom. The van der Waals surface area contributed by atoms with Gasteiger partial charge in [-0.25, -0.2) is 4.79 Å². The van der Waals surface area contributed by atoms with Gasteiger partial charge in [0.1, 0.15) is 5.52 Å². The second-order valence-corrected chi connectivity index (χ2v) is 6.59. The summed E-state index contributed by atoms with van der Waals surface area (Å²) in [6.07, 6.45) is 3.39. The Balaban J connectivity index is 1.81. The average molecular weight is 379 g/mol. The Labute approximate surface area is 158 Å². The van der Waals surface area contributed by atoms with Crippen LogP contribution in [0.2, 0.25) is 5.02 Å². The third-order valence-corrected chi connectivity index (χ3v) is 4.40. The molecule has 7 heteroatoms. The summed E-state index contributed by atoms with van der Waals surface area (Å²) in [7, 11) is 0. The maximum absolute atomic E-state index is 12.7. The summed E-state index contributed by atoms with van der Waals surface area (Å²) in [6.45, 7) is 1.85. The van der Waals surface area contributed by atoms with Gasteiger partial charge in [-0.05, 0) is 36.3 Å². The molecule has 4 aromatic rings. The Bertz CT molecular complexity index is 1330. The molecule has 0 aliphatic heterocycles. The standard InChI is InChI=1S/C20H15ClN4O2/c1-12(9-13-5-3-2-4-6-13)11-22-25-19(26)18-17(24-20(25)27)15-10-14(21)7-8-16(15)23-18/h2-11,23H,1H3,(H,24,27)/b12-9+,22-11+. The van der Waals surface area contributed by atoms with Crippen molar-refractivity contribution >= 4 is 45.8 Å². The fourth-order valence-electron chi connectivity index (χ4n) is 2.92. The van der Waals surface area contributed by atoms with Crippen LogP contribution in [0.15, 0.2) is 68.8 Å². The molecule has 6 nitrogen and oxygen atoms in total. The number of benzene rings is 2. The first-order chi connectivity index (χ1) is 13.0. The molecule has 2 aromatic heterocycles. The van der Waals surface area contributed by atoms with Gasteiger partial charge in [-0.1, -0.05) is 48.0 Å². The minimum Gasteiger partial charge on any atom is -0.349 e. The number of fused-ring (bicyclic) bond motifs is 3. The topological polar surface area (TPSA) is 83.0 Å². The van der Waals surface area contributed by atoms with E-state index in [4.69, 9.17) is 11.6 Å². The molecule has 134 valence electrons. The van der Waals surface area contributed by atoms with Crippen molar-refractivity contribution in [2.75, 3.05) is 0 Å². The number of aromatic nitrogens is 3. The van der Waals surface area contributed by atoms with Crippen LogP contribution < -0.4 is 11.2 Å². The van der Waals surface area contributed by atoms with Gasteiger partial charge in [0.05, 0.1) is 11.7 Å². The van der Waals surface area contributed by atoms with Crippen LogP contribution >= 0.6 is 11.6 Å². The minimum absolute atomic E-state index is 0.272. The number of aromatic amines is 2. The molecule has 0 saturated heterocycles. The molecular formula is C20H15ClN4O2. The van der Waals surface area contributed by atoms with Gasteiger partial charge in [0, 0.05) is 15.9 Å². The molecule has 0 fully saturated rings. The molecule has 0 spiro atoms. The Morgan fingerprint density at radius 1 is 1.07 bits per heavy atom. The SMILES string of the molecule is CC(/C=N/n1c(=O)[nH]c2c([nH]c3ccc(Cl)cc32)c1=O)=C\c1ccccc1. The highest BCUT2D eigenvalue weighted by molar-refractivity contribution is 6.31. The lowest BCUT2D eigenvalue weighted by Gasteiger charge is -1.98. The molecule has 0 bridgehead atoms. The Morgan fingerprint density at radius 2 is 1.85 bits per heavy atom. The summed E-state index contributed by atoms with van der Waals surface area (Å²) in [5, 5.41) is 5.27. The zero-order chi connectivity index (χ0) is 19.0. The van der Waals surface area contributed by atoms with E-state index in [9.17, 15) is 9.59 Å². The predicted molar refractivity (Wildman–Crippen MR) is 110 cm³/mol. The number of hydrogen-bond donors (Lipinski definition) is 2. The maximum atomic E-state index is 12.7. The van der Waals surface area contributed by atoms with Crippen molar-refractivity contribution in [1.82, 2.24) is 14.6 Å². The van der Waals surface area contributed by atoms with Gasteiger partial charge in [0.15, 0.2) is 0 Å². The summed E-state index contributed by atoms with van der Waals surface area (Å²) in [5.74, 6) is 0. The monoisotopic (exact) mass is 378 g/mol. The molecule has 4 rings (SSSR count). The van der Waals surface area contributed by atoms with Gasteiger partial charge >= 0.3 is 11.2 Å². The fourth-order valence-corrected chi connectivity index (χ4v) is 3.09. The summed E-state index contributed by atoms with van der Waals surface area (Å²) in [5.41, 5.74) is 2.08. The van der Waals surface area contributed by atoms with E-state index in [-0.39, 0.29) is 5.52 Å². The van der Waals surface area contributed by atoms with E-state index in [0.29, 0.717) is 21.4 Å². The summed E-state index contributed by atoms with van der Waals surface area (Å²) in [4.78, 5) is 30.8. The van der Waals surface area contributed by atoms with Crippen LogP contribution in [0.1, 0.15) is 12.5 Å². The zero-order valence-corrected chi connectivity index (χ0v) is 15.1. The van der Waals surface area contributed by atoms with Crippen LogP contribution in [0.5, 0.6) is 0 Å². The average Bonchev–Trinajstić information content (AvgIpc) is 3.00. The van der Waals surface area contributed by atoms with E-state index >= 15 is 0 Å². The first-order valence-corrected chi connectivity index (χ1v) is 8.65. The third kappa shape index (κ3) is 3.22. The smallest absolute Gasteiger partial charge is 0.349 e. The number of H-pyrrole nitrogens is 2. The number of halogens is 1. The van der Waals surface area contributed by atoms with Crippen molar-refractivity contribution in [3.63, 3.8) is 0 Å². The van der Waals surface area contributed by atoms with Gasteiger partial charge in [0.25, 0.3) is 0 Å². The van der Waals surface area contributed by atoms with E-state index < -0.39 is 11.2 Å². The largest absolute Gasteiger partial charge is 0.350 e. The first-order valence-electron chi connectivity index (χ1n) is 8.27. The summed E-state index contributed by atoms with van der Waals surface area (Å²) >= 11 is 6.02. The van der Waals surface area contributed by atoms with E-state index in [1.165, 1.54) is 6.21 Å². The predicted octanol–water partition coefficient (Wildman–Crippen LogP) is 3.76.